The minimum atomic E-state index is -0.394. The van der Waals surface area contributed by atoms with Crippen molar-refractivity contribution in [2.24, 2.45) is 0 Å². The zero-order chi connectivity index (χ0) is 10.7. The summed E-state index contributed by atoms with van der Waals surface area (Å²) >= 11 is 5.54. The Morgan fingerprint density at radius 1 is 1.57 bits per heavy atom. The van der Waals surface area contributed by atoms with E-state index in [0.29, 0.717) is 23.8 Å². The molecule has 0 aliphatic heterocycles. The van der Waals surface area contributed by atoms with Gasteiger partial charge in [0.15, 0.2) is 0 Å². The van der Waals surface area contributed by atoms with Crippen molar-refractivity contribution in [2.75, 3.05) is 5.88 Å². The molecule has 0 spiro atoms. The predicted molar refractivity (Wildman–Crippen MR) is 53.7 cm³/mol. The molecule has 0 bridgehead atoms. The second-order valence-electron chi connectivity index (χ2n) is 3.04. The molecule has 1 aromatic rings. The Bertz CT molecular complexity index is 349. The zero-order valence-corrected chi connectivity index (χ0v) is 8.91. The molecule has 0 fully saturated rings. The maximum atomic E-state index is 10.7. The molecule has 0 aromatic carbocycles. The highest BCUT2D eigenvalue weighted by Crippen LogP contribution is 2.21. The van der Waals surface area contributed by atoms with Crippen molar-refractivity contribution in [1.82, 2.24) is 9.78 Å². The molecule has 0 aliphatic carbocycles. The number of hydrogen-bond donors (Lipinski definition) is 0. The number of aryl methyl sites for hydroxylation is 2. The molecule has 14 heavy (non-hydrogen) atoms. The monoisotopic (exact) mass is 217 g/mol. The van der Waals surface area contributed by atoms with Gasteiger partial charge in [0.1, 0.15) is 11.4 Å². The quantitative estimate of drug-likeness (QED) is 0.441. The van der Waals surface area contributed by atoms with E-state index in [2.05, 4.69) is 5.10 Å². The summed E-state index contributed by atoms with van der Waals surface area (Å²) in [4.78, 5) is 10.3. The molecule has 5 nitrogen and oxygen atoms in total. The van der Waals surface area contributed by atoms with Gasteiger partial charge in [0.05, 0.1) is 4.92 Å². The Morgan fingerprint density at radius 2 is 2.21 bits per heavy atom. The summed E-state index contributed by atoms with van der Waals surface area (Å²) in [5.41, 5.74) is 1.17. The number of nitrogens with zero attached hydrogens (tertiary/aromatic N) is 3. The summed E-state index contributed by atoms with van der Waals surface area (Å²) in [6, 6.07) is 0. The van der Waals surface area contributed by atoms with E-state index in [0.717, 1.165) is 6.42 Å². The van der Waals surface area contributed by atoms with Crippen molar-refractivity contribution in [1.29, 1.82) is 0 Å². The van der Waals surface area contributed by atoms with Gasteiger partial charge >= 0.3 is 5.69 Å². The molecule has 0 N–H and O–H groups in total. The molecule has 1 heterocycles. The number of aromatic nitrogens is 2. The highest BCUT2D eigenvalue weighted by Gasteiger charge is 2.20. The lowest BCUT2D eigenvalue weighted by Gasteiger charge is -1.99. The first-order valence-electron chi connectivity index (χ1n) is 4.32. The lowest BCUT2D eigenvalue weighted by Crippen LogP contribution is -2.03. The van der Waals surface area contributed by atoms with E-state index in [1.165, 1.54) is 0 Å². The van der Waals surface area contributed by atoms with Crippen LogP contribution in [0.1, 0.15) is 17.8 Å². The van der Waals surface area contributed by atoms with Crippen LogP contribution in [0, 0.1) is 24.0 Å². The molecule has 0 aliphatic rings. The Hall–Kier alpha value is -1.10. The Morgan fingerprint density at radius 3 is 2.64 bits per heavy atom. The lowest BCUT2D eigenvalue weighted by atomic mass is 10.3. The average molecular weight is 218 g/mol. The predicted octanol–water partition coefficient (Wildman–Crippen LogP) is 2.04. The SMILES string of the molecule is Cc1nn(CCCCl)c(C)c1[N+](=O)[O-]. The van der Waals surface area contributed by atoms with Crippen LogP contribution in [-0.2, 0) is 6.54 Å². The van der Waals surface area contributed by atoms with Gasteiger partial charge in [-0.2, -0.15) is 5.10 Å². The maximum Gasteiger partial charge on any atom is 0.312 e. The van der Waals surface area contributed by atoms with E-state index >= 15 is 0 Å². The average Bonchev–Trinajstić information content (AvgIpc) is 2.38. The molecule has 1 rings (SSSR count). The molecule has 0 radical (unpaired) electrons. The standard InChI is InChI=1S/C8H12ClN3O2/c1-6-8(12(13)14)7(2)11(10-6)5-3-4-9/h3-5H2,1-2H3. The minimum absolute atomic E-state index is 0.111. The highest BCUT2D eigenvalue weighted by atomic mass is 35.5. The van der Waals surface area contributed by atoms with Crippen molar-refractivity contribution >= 4 is 17.3 Å². The van der Waals surface area contributed by atoms with Crippen LogP contribution < -0.4 is 0 Å². The molecule has 78 valence electrons. The Labute approximate surface area is 86.8 Å². The topological polar surface area (TPSA) is 61.0 Å². The molecule has 6 heteroatoms. The van der Waals surface area contributed by atoms with Gasteiger partial charge in [-0.25, -0.2) is 0 Å². The highest BCUT2D eigenvalue weighted by molar-refractivity contribution is 6.17. The van der Waals surface area contributed by atoms with Gasteiger partial charge in [-0.1, -0.05) is 0 Å². The minimum Gasteiger partial charge on any atom is -0.262 e. The normalized spacial score (nSPS) is 10.5. The Kier molecular flexibility index (Phi) is 3.46. The summed E-state index contributed by atoms with van der Waals surface area (Å²) in [5.74, 6) is 0.534. The van der Waals surface area contributed by atoms with Gasteiger partial charge < -0.3 is 0 Å². The fourth-order valence-corrected chi connectivity index (χ4v) is 1.50. The Balaban J connectivity index is 2.98. The molecule has 0 saturated carbocycles. The van der Waals surface area contributed by atoms with E-state index in [1.54, 1.807) is 18.5 Å². The first-order chi connectivity index (χ1) is 6.57. The van der Waals surface area contributed by atoms with Gasteiger partial charge in [0, 0.05) is 12.4 Å². The molecule has 1 aromatic heterocycles. The third kappa shape index (κ3) is 2.04. The molecule has 0 atom stereocenters. The fraction of sp³-hybridized carbons (Fsp3) is 0.625. The maximum absolute atomic E-state index is 10.7. The number of rotatable bonds is 4. The van der Waals surface area contributed by atoms with E-state index in [-0.39, 0.29) is 5.69 Å². The van der Waals surface area contributed by atoms with Crippen molar-refractivity contribution in [2.45, 2.75) is 26.8 Å². The van der Waals surface area contributed by atoms with Crippen LogP contribution in [0.3, 0.4) is 0 Å². The van der Waals surface area contributed by atoms with Crippen LogP contribution in [0.2, 0.25) is 0 Å². The van der Waals surface area contributed by atoms with Crippen LogP contribution in [0.25, 0.3) is 0 Å². The summed E-state index contributed by atoms with van der Waals surface area (Å²) in [5, 5.41) is 14.7. The van der Waals surface area contributed by atoms with E-state index < -0.39 is 4.92 Å². The first kappa shape index (κ1) is 11.0. The smallest absolute Gasteiger partial charge is 0.262 e. The van der Waals surface area contributed by atoms with Gasteiger partial charge in [-0.05, 0) is 20.3 Å². The second kappa shape index (κ2) is 4.41. The van der Waals surface area contributed by atoms with Crippen molar-refractivity contribution in [3.8, 4) is 0 Å². The number of nitro groups is 1. The van der Waals surface area contributed by atoms with Crippen molar-refractivity contribution in [3.63, 3.8) is 0 Å². The number of hydrogen-bond acceptors (Lipinski definition) is 3. The van der Waals surface area contributed by atoms with Crippen molar-refractivity contribution in [3.05, 3.63) is 21.5 Å². The summed E-state index contributed by atoms with van der Waals surface area (Å²) in [6.07, 6.45) is 0.765. The zero-order valence-electron chi connectivity index (χ0n) is 8.16. The summed E-state index contributed by atoms with van der Waals surface area (Å²) < 4.78 is 1.63. The molecule has 0 saturated heterocycles. The number of alkyl halides is 1. The fourth-order valence-electron chi connectivity index (χ4n) is 1.38. The first-order valence-corrected chi connectivity index (χ1v) is 4.85. The largest absolute Gasteiger partial charge is 0.312 e. The van der Waals surface area contributed by atoms with Crippen LogP contribution in [0.5, 0.6) is 0 Å². The summed E-state index contributed by atoms with van der Waals surface area (Å²) in [7, 11) is 0. The van der Waals surface area contributed by atoms with Crippen molar-refractivity contribution < 1.29 is 4.92 Å². The van der Waals surface area contributed by atoms with Crippen LogP contribution in [-0.4, -0.2) is 20.6 Å². The van der Waals surface area contributed by atoms with Gasteiger partial charge in [-0.15, -0.1) is 11.6 Å². The third-order valence-electron chi connectivity index (χ3n) is 2.03. The molecule has 0 amide bonds. The number of halogens is 1. The van der Waals surface area contributed by atoms with Gasteiger partial charge in [0.25, 0.3) is 0 Å². The molecular weight excluding hydrogens is 206 g/mol. The van der Waals surface area contributed by atoms with E-state index in [9.17, 15) is 10.1 Å². The van der Waals surface area contributed by atoms with Gasteiger partial charge in [-0.3, -0.25) is 14.8 Å². The van der Waals surface area contributed by atoms with Crippen LogP contribution in [0.15, 0.2) is 0 Å². The van der Waals surface area contributed by atoms with Crippen LogP contribution >= 0.6 is 11.6 Å². The lowest BCUT2D eigenvalue weighted by molar-refractivity contribution is -0.386. The van der Waals surface area contributed by atoms with Crippen LogP contribution in [0.4, 0.5) is 5.69 Å². The molecule has 0 unspecified atom stereocenters. The molecular formula is C8H12ClN3O2. The van der Waals surface area contributed by atoms with E-state index in [4.69, 9.17) is 11.6 Å². The second-order valence-corrected chi connectivity index (χ2v) is 3.42. The van der Waals surface area contributed by atoms with Gasteiger partial charge in [0.2, 0.25) is 0 Å². The van der Waals surface area contributed by atoms with E-state index in [1.807, 2.05) is 0 Å². The summed E-state index contributed by atoms with van der Waals surface area (Å²) in [6.45, 7) is 3.97. The third-order valence-corrected chi connectivity index (χ3v) is 2.30.